The third kappa shape index (κ3) is 12.9. The maximum Gasteiger partial charge on any atom is 0.340 e. The molecule has 4 N–H and O–H groups in total. The van der Waals surface area contributed by atoms with Gasteiger partial charge in [-0.05, 0) is 60.9 Å². The first-order valence-corrected chi connectivity index (χ1v) is 14.3. The molecule has 0 fully saturated rings. The van der Waals surface area contributed by atoms with E-state index in [1.807, 2.05) is 25.1 Å². The lowest BCUT2D eigenvalue weighted by atomic mass is 9.96. The van der Waals surface area contributed by atoms with Gasteiger partial charge in [0.25, 0.3) is 0 Å². The molecule has 0 radical (unpaired) electrons. The van der Waals surface area contributed by atoms with Gasteiger partial charge in [0, 0.05) is 32.4 Å². The molecule has 0 aliphatic heterocycles. The molecular weight excluding hydrogens is 533 g/mol. The molecule has 1 unspecified atom stereocenters. The van der Waals surface area contributed by atoms with Gasteiger partial charge in [0.15, 0.2) is 0 Å². The maximum absolute atomic E-state index is 14.4. The Morgan fingerprint density at radius 3 is 2.37 bits per heavy atom. The van der Waals surface area contributed by atoms with Crippen LogP contribution in [0.25, 0.3) is 0 Å². The number of carbonyl (C=O) groups excluding carboxylic acids is 2. The number of hydrogen-bond donors (Lipinski definition) is 4. The zero-order valence-electron chi connectivity index (χ0n) is 24.1. The Balaban J connectivity index is 2.18. The highest BCUT2D eigenvalue weighted by molar-refractivity contribution is 5.97. The van der Waals surface area contributed by atoms with Crippen molar-refractivity contribution in [3.8, 4) is 0 Å². The van der Waals surface area contributed by atoms with Gasteiger partial charge in [-0.15, -0.1) is 0 Å². The normalized spacial score (nSPS) is 14.4. The Kier molecular flexibility index (Phi) is 15.1. The van der Waals surface area contributed by atoms with Crippen LogP contribution >= 0.6 is 0 Å². The van der Waals surface area contributed by atoms with Gasteiger partial charge in [0.05, 0.1) is 18.1 Å². The molecule has 2 aromatic rings. The second kappa shape index (κ2) is 18.2. The van der Waals surface area contributed by atoms with Gasteiger partial charge in [0.1, 0.15) is 17.8 Å². The SMILES string of the molecule is CCCCC(F)CC[C@@H](/C=N/C(=O)NC)C(=O)N[C@@H](Cc1cc(F)cc(F)c1)[C@H](O)CNCc1cccc(CC)c1. The summed E-state index contributed by atoms with van der Waals surface area (Å²) in [5, 5.41) is 19.3. The number of carbonyl (C=O) groups is 2. The number of nitrogens with one attached hydrogen (secondary N) is 3. The molecule has 2 aromatic carbocycles. The molecule has 0 heterocycles. The van der Waals surface area contributed by atoms with Crippen LogP contribution in [0.15, 0.2) is 47.5 Å². The van der Waals surface area contributed by atoms with Crippen LogP contribution in [-0.4, -0.2) is 55.2 Å². The molecule has 10 heteroatoms. The first-order valence-electron chi connectivity index (χ1n) is 14.3. The summed E-state index contributed by atoms with van der Waals surface area (Å²) in [4.78, 5) is 28.8. The van der Waals surface area contributed by atoms with E-state index >= 15 is 0 Å². The molecule has 0 spiro atoms. The topological polar surface area (TPSA) is 103 Å². The zero-order chi connectivity index (χ0) is 30.2. The number of halogens is 3. The number of aliphatic hydroxyl groups excluding tert-OH is 1. The predicted molar refractivity (Wildman–Crippen MR) is 156 cm³/mol. The van der Waals surface area contributed by atoms with Gasteiger partial charge in [-0.3, -0.25) is 4.79 Å². The third-order valence-electron chi connectivity index (χ3n) is 6.84. The fourth-order valence-corrected chi connectivity index (χ4v) is 4.45. The standard InChI is InChI=1S/C31H43F3N4O3/c1-4-6-10-25(32)12-11-24(19-37-31(41)35-3)30(40)38-28(16-23-14-26(33)17-27(34)15-23)29(39)20-36-18-22-9-7-8-21(5-2)13-22/h7-9,13-15,17,19,24-25,28-29,36,39H,4-6,10-12,16,18,20H2,1-3H3,(H,35,41)(H,38,40)/b37-19+/t24-,25?,28-,29+/m0/s1. The van der Waals surface area contributed by atoms with Crippen LogP contribution < -0.4 is 16.0 Å². The van der Waals surface area contributed by atoms with Crippen molar-refractivity contribution in [2.45, 2.75) is 83.7 Å². The van der Waals surface area contributed by atoms with Crippen molar-refractivity contribution in [2.24, 2.45) is 10.9 Å². The van der Waals surface area contributed by atoms with E-state index in [1.54, 1.807) is 0 Å². The van der Waals surface area contributed by atoms with Crippen LogP contribution in [0.1, 0.15) is 62.6 Å². The van der Waals surface area contributed by atoms with Crippen LogP contribution in [0.2, 0.25) is 0 Å². The summed E-state index contributed by atoms with van der Waals surface area (Å²) in [6, 6.07) is 9.45. The maximum atomic E-state index is 14.4. The number of benzene rings is 2. The average molecular weight is 577 g/mol. The smallest absolute Gasteiger partial charge is 0.340 e. The minimum atomic E-state index is -1.13. The number of amides is 3. The molecular formula is C31H43F3N4O3. The lowest BCUT2D eigenvalue weighted by molar-refractivity contribution is -0.124. The minimum Gasteiger partial charge on any atom is -0.390 e. The highest BCUT2D eigenvalue weighted by Gasteiger charge is 2.26. The van der Waals surface area contributed by atoms with Crippen LogP contribution in [0.4, 0.5) is 18.0 Å². The molecule has 2 rings (SSSR count). The summed E-state index contributed by atoms with van der Waals surface area (Å²) < 4.78 is 42.2. The minimum absolute atomic E-state index is 0.0594. The lowest BCUT2D eigenvalue weighted by Crippen LogP contribution is -2.50. The van der Waals surface area contributed by atoms with Crippen LogP contribution in [0.5, 0.6) is 0 Å². The van der Waals surface area contributed by atoms with E-state index in [-0.39, 0.29) is 31.4 Å². The highest BCUT2D eigenvalue weighted by atomic mass is 19.1. The largest absolute Gasteiger partial charge is 0.390 e. The predicted octanol–water partition coefficient (Wildman–Crippen LogP) is 5.04. The second-order valence-corrected chi connectivity index (χ2v) is 10.2. The van der Waals surface area contributed by atoms with Crippen LogP contribution in [0, 0.1) is 17.6 Å². The van der Waals surface area contributed by atoms with E-state index in [4.69, 9.17) is 0 Å². The summed E-state index contributed by atoms with van der Waals surface area (Å²) in [5.41, 5.74) is 2.46. The average Bonchev–Trinajstić information content (AvgIpc) is 2.94. The summed E-state index contributed by atoms with van der Waals surface area (Å²) in [6.45, 7) is 4.58. The van der Waals surface area contributed by atoms with Crippen LogP contribution in [0.3, 0.4) is 0 Å². The number of aliphatic hydroxyl groups is 1. The Bertz CT molecular complexity index is 1110. The van der Waals surface area contributed by atoms with E-state index < -0.39 is 47.8 Å². The van der Waals surface area contributed by atoms with Crippen molar-refractivity contribution in [1.82, 2.24) is 16.0 Å². The number of alkyl halides is 1. The van der Waals surface area contributed by atoms with Crippen LogP contribution in [-0.2, 0) is 24.2 Å². The summed E-state index contributed by atoms with van der Waals surface area (Å²) in [6.07, 6.45) is 1.90. The monoisotopic (exact) mass is 576 g/mol. The van der Waals surface area contributed by atoms with Crippen molar-refractivity contribution in [3.63, 3.8) is 0 Å². The Labute approximate surface area is 241 Å². The first kappa shape index (κ1) is 34.0. The van der Waals surface area contributed by atoms with Gasteiger partial charge in [-0.1, -0.05) is 51.0 Å². The molecule has 0 saturated carbocycles. The van der Waals surface area contributed by atoms with Gasteiger partial charge in [-0.25, -0.2) is 23.0 Å². The molecule has 0 aliphatic rings. The Hall–Kier alpha value is -3.24. The summed E-state index contributed by atoms with van der Waals surface area (Å²) >= 11 is 0. The Morgan fingerprint density at radius 2 is 1.71 bits per heavy atom. The van der Waals surface area contributed by atoms with E-state index in [9.17, 15) is 27.9 Å². The summed E-state index contributed by atoms with van der Waals surface area (Å²) in [5.74, 6) is -3.07. The fourth-order valence-electron chi connectivity index (χ4n) is 4.45. The summed E-state index contributed by atoms with van der Waals surface area (Å²) in [7, 11) is 1.40. The molecule has 0 bridgehead atoms. The zero-order valence-corrected chi connectivity index (χ0v) is 24.1. The molecule has 3 amide bonds. The van der Waals surface area contributed by atoms with Gasteiger partial charge in [-0.2, -0.15) is 0 Å². The molecule has 0 saturated heterocycles. The van der Waals surface area contributed by atoms with E-state index in [0.29, 0.717) is 13.0 Å². The Morgan fingerprint density at radius 1 is 1.00 bits per heavy atom. The number of unbranched alkanes of at least 4 members (excludes halogenated alkanes) is 1. The molecule has 4 atom stereocenters. The fraction of sp³-hybridized carbons (Fsp3) is 0.516. The molecule has 7 nitrogen and oxygen atoms in total. The third-order valence-corrected chi connectivity index (χ3v) is 6.84. The molecule has 0 aromatic heterocycles. The number of urea groups is 1. The van der Waals surface area contributed by atoms with Gasteiger partial charge >= 0.3 is 6.03 Å². The number of rotatable bonds is 17. The van der Waals surface area contributed by atoms with E-state index in [1.165, 1.54) is 18.8 Å². The number of nitrogens with zero attached hydrogens (tertiary/aromatic N) is 1. The molecule has 41 heavy (non-hydrogen) atoms. The highest BCUT2D eigenvalue weighted by Crippen LogP contribution is 2.17. The number of aliphatic imine (C=N–C) groups is 1. The van der Waals surface area contributed by atoms with Gasteiger partial charge in [0.2, 0.25) is 5.91 Å². The van der Waals surface area contributed by atoms with Crippen molar-refractivity contribution in [1.29, 1.82) is 0 Å². The van der Waals surface area contributed by atoms with Crippen molar-refractivity contribution >= 4 is 18.2 Å². The van der Waals surface area contributed by atoms with Crippen molar-refractivity contribution < 1.29 is 27.9 Å². The second-order valence-electron chi connectivity index (χ2n) is 10.2. The molecule has 226 valence electrons. The first-order chi connectivity index (χ1) is 19.6. The lowest BCUT2D eigenvalue weighted by Gasteiger charge is -2.26. The number of aryl methyl sites for hydroxylation is 1. The van der Waals surface area contributed by atoms with Crippen molar-refractivity contribution in [3.05, 3.63) is 70.8 Å². The molecule has 0 aliphatic carbocycles. The van der Waals surface area contributed by atoms with Gasteiger partial charge < -0.3 is 21.1 Å². The van der Waals surface area contributed by atoms with Crippen molar-refractivity contribution in [2.75, 3.05) is 13.6 Å². The van der Waals surface area contributed by atoms with E-state index in [0.717, 1.165) is 43.0 Å². The number of hydrogen-bond acceptors (Lipinski definition) is 4. The van der Waals surface area contributed by atoms with E-state index in [2.05, 4.69) is 33.9 Å². The quantitative estimate of drug-likeness (QED) is 0.198.